The van der Waals surface area contributed by atoms with Crippen LogP contribution >= 0.6 is 0 Å². The van der Waals surface area contributed by atoms with Crippen LogP contribution in [0.2, 0.25) is 0 Å². The molecule has 2 fully saturated rings. The van der Waals surface area contributed by atoms with E-state index in [2.05, 4.69) is 42.9 Å². The van der Waals surface area contributed by atoms with E-state index in [1.165, 1.54) is 0 Å². The van der Waals surface area contributed by atoms with Crippen molar-refractivity contribution in [3.63, 3.8) is 0 Å². The van der Waals surface area contributed by atoms with E-state index in [0.29, 0.717) is 31.8 Å². The summed E-state index contributed by atoms with van der Waals surface area (Å²) in [4.78, 5) is 39.9. The van der Waals surface area contributed by atoms with E-state index in [-0.39, 0.29) is 36.1 Å². The summed E-state index contributed by atoms with van der Waals surface area (Å²) < 4.78 is 6.59. The molecule has 0 spiro atoms. The van der Waals surface area contributed by atoms with E-state index >= 15 is 0 Å². The Morgan fingerprint density at radius 2 is 1.81 bits per heavy atom. The fourth-order valence-electron chi connectivity index (χ4n) is 5.78. The topological polar surface area (TPSA) is 91.6 Å². The third kappa shape index (κ3) is 4.51. The fourth-order valence-corrected chi connectivity index (χ4v) is 5.78. The normalized spacial score (nSPS) is 29.3. The molecule has 3 aliphatic rings. The van der Waals surface area contributed by atoms with Gasteiger partial charge in [-0.15, -0.1) is 4.91 Å². The van der Waals surface area contributed by atoms with Crippen molar-refractivity contribution >= 4 is 5.91 Å². The second kappa shape index (κ2) is 9.81. The van der Waals surface area contributed by atoms with E-state index in [4.69, 9.17) is 4.74 Å². The molecule has 0 aromatic carbocycles. The van der Waals surface area contributed by atoms with Crippen LogP contribution in [0.3, 0.4) is 0 Å². The van der Waals surface area contributed by atoms with Crippen LogP contribution in [-0.4, -0.2) is 60.6 Å². The van der Waals surface area contributed by atoms with Crippen LogP contribution in [0.5, 0.6) is 0 Å². The van der Waals surface area contributed by atoms with Gasteiger partial charge in [0, 0.05) is 44.6 Å². The summed E-state index contributed by atoms with van der Waals surface area (Å²) in [5.74, 6) is 1.40. The molecular formula is C24H38N4O4. The summed E-state index contributed by atoms with van der Waals surface area (Å²) in [6.45, 7) is 16.0. The second-order valence-electron chi connectivity index (χ2n) is 10.3. The Balaban J connectivity index is 1.84. The molecule has 178 valence electrons. The zero-order valence-electron chi connectivity index (χ0n) is 20.4. The van der Waals surface area contributed by atoms with Gasteiger partial charge in [-0.3, -0.25) is 9.69 Å². The Bertz CT molecular complexity index is 811. The van der Waals surface area contributed by atoms with Crippen LogP contribution in [0.15, 0.2) is 33.0 Å². The average Bonchev–Trinajstić information content (AvgIpc) is 2.77. The lowest BCUT2D eigenvalue weighted by Gasteiger charge is -2.48. The Morgan fingerprint density at radius 1 is 1.16 bits per heavy atom. The van der Waals surface area contributed by atoms with Gasteiger partial charge in [0.15, 0.2) is 5.60 Å². The Kier molecular flexibility index (Phi) is 7.53. The number of carbonyl (C=O) groups is 1. The summed E-state index contributed by atoms with van der Waals surface area (Å²) >= 11 is 0. The number of piperazine rings is 1. The first-order valence-electron chi connectivity index (χ1n) is 11.9. The van der Waals surface area contributed by atoms with Gasteiger partial charge in [-0.05, 0) is 54.8 Å². The summed E-state index contributed by atoms with van der Waals surface area (Å²) in [6, 6.07) is 0. The zero-order valence-corrected chi connectivity index (χ0v) is 20.4. The van der Waals surface area contributed by atoms with Gasteiger partial charge in [-0.25, -0.2) is 0 Å². The van der Waals surface area contributed by atoms with Crippen LogP contribution in [0.25, 0.3) is 0 Å². The van der Waals surface area contributed by atoms with Gasteiger partial charge in [-0.2, -0.15) is 4.91 Å². The van der Waals surface area contributed by atoms with Crippen LogP contribution in [0, 0.1) is 33.5 Å². The van der Waals surface area contributed by atoms with Crippen LogP contribution < -0.4 is 0 Å². The van der Waals surface area contributed by atoms with Crippen molar-refractivity contribution in [2.45, 2.75) is 60.0 Å². The number of nitroso groups, excluding NO2 is 2. The quantitative estimate of drug-likeness (QED) is 0.543. The molecule has 8 heteroatoms. The van der Waals surface area contributed by atoms with E-state index in [9.17, 15) is 14.6 Å². The molecule has 3 atom stereocenters. The van der Waals surface area contributed by atoms with Gasteiger partial charge in [0.25, 0.3) is 5.91 Å². The molecule has 3 unspecified atom stereocenters. The fraction of sp³-hybridized carbons (Fsp3) is 0.792. The number of hydrogen-bond acceptors (Lipinski definition) is 7. The van der Waals surface area contributed by atoms with Gasteiger partial charge < -0.3 is 9.64 Å². The number of hydrogen-bond donors (Lipinski definition) is 0. The van der Waals surface area contributed by atoms with Crippen molar-refractivity contribution in [1.82, 2.24) is 9.80 Å². The molecule has 0 radical (unpaired) electrons. The molecule has 0 saturated carbocycles. The predicted molar refractivity (Wildman–Crippen MR) is 125 cm³/mol. The lowest BCUT2D eigenvalue weighted by atomic mass is 9.67. The summed E-state index contributed by atoms with van der Waals surface area (Å²) in [5.41, 5.74) is 1.70. The molecule has 0 aromatic heterocycles. The zero-order chi connectivity index (χ0) is 23.6. The van der Waals surface area contributed by atoms with Crippen LogP contribution in [-0.2, 0) is 9.53 Å². The van der Waals surface area contributed by atoms with Crippen LogP contribution in [0.4, 0.5) is 0 Å². The predicted octanol–water partition coefficient (Wildman–Crippen LogP) is 4.32. The van der Waals surface area contributed by atoms with Crippen molar-refractivity contribution in [3.05, 3.63) is 32.4 Å². The number of nitrogens with zero attached hydrogens (tertiary/aromatic N) is 4. The highest BCUT2D eigenvalue weighted by Gasteiger charge is 2.50. The van der Waals surface area contributed by atoms with Gasteiger partial charge in [0.05, 0.1) is 12.2 Å². The smallest absolute Gasteiger partial charge is 0.266 e. The summed E-state index contributed by atoms with van der Waals surface area (Å²) in [6.07, 6.45) is 1.42. The minimum Gasteiger partial charge on any atom is -0.481 e. The highest BCUT2D eigenvalue weighted by molar-refractivity contribution is 5.85. The molecule has 32 heavy (non-hydrogen) atoms. The Labute approximate surface area is 191 Å². The maximum absolute atomic E-state index is 13.5. The lowest BCUT2D eigenvalue weighted by Crippen LogP contribution is -2.57. The molecule has 8 nitrogen and oxygen atoms in total. The first-order chi connectivity index (χ1) is 15.1. The van der Waals surface area contributed by atoms with Crippen molar-refractivity contribution in [2.24, 2.45) is 34.0 Å². The standard InChI is InChI=1S/C24H38N4O4/c1-15(2)19-17(5)22-18(20(16(3)4)21(19)26-31)7-8-24(6,32-22)23(29)28-13-11-27(12-14-28)10-9-25-30/h15-16,18,20H,7-14H2,1-6H3. The molecule has 0 N–H and O–H groups in total. The third-order valence-electron chi connectivity index (χ3n) is 7.42. The molecule has 2 heterocycles. The first kappa shape index (κ1) is 24.6. The van der Waals surface area contributed by atoms with Gasteiger partial charge in [-0.1, -0.05) is 32.9 Å². The molecule has 1 aliphatic carbocycles. The molecule has 1 amide bonds. The van der Waals surface area contributed by atoms with Crippen LogP contribution in [0.1, 0.15) is 54.4 Å². The van der Waals surface area contributed by atoms with Crippen molar-refractivity contribution < 1.29 is 9.53 Å². The Hall–Kier alpha value is -2.09. The van der Waals surface area contributed by atoms with E-state index in [0.717, 1.165) is 36.4 Å². The maximum Gasteiger partial charge on any atom is 0.266 e. The minimum atomic E-state index is -0.907. The molecule has 3 rings (SSSR count). The first-order valence-corrected chi connectivity index (χ1v) is 11.9. The Morgan fingerprint density at radius 3 is 2.34 bits per heavy atom. The summed E-state index contributed by atoms with van der Waals surface area (Å²) in [7, 11) is 0. The second-order valence-corrected chi connectivity index (χ2v) is 10.3. The highest BCUT2D eigenvalue weighted by Crippen LogP contribution is 2.51. The maximum atomic E-state index is 13.5. The molecule has 0 aromatic rings. The van der Waals surface area contributed by atoms with E-state index in [1.807, 2.05) is 18.7 Å². The van der Waals surface area contributed by atoms with Crippen molar-refractivity contribution in [1.29, 1.82) is 0 Å². The third-order valence-corrected chi connectivity index (χ3v) is 7.42. The molecular weight excluding hydrogens is 408 g/mol. The van der Waals surface area contributed by atoms with Crippen molar-refractivity contribution in [2.75, 3.05) is 39.3 Å². The number of allylic oxidation sites excluding steroid dienone is 4. The van der Waals surface area contributed by atoms with Gasteiger partial charge in [0.2, 0.25) is 0 Å². The van der Waals surface area contributed by atoms with Gasteiger partial charge >= 0.3 is 0 Å². The lowest BCUT2D eigenvalue weighted by molar-refractivity contribution is -0.160. The monoisotopic (exact) mass is 446 g/mol. The summed E-state index contributed by atoms with van der Waals surface area (Å²) in [5, 5.41) is 6.44. The number of amides is 1. The average molecular weight is 447 g/mol. The molecule has 2 aliphatic heterocycles. The van der Waals surface area contributed by atoms with Gasteiger partial charge in [0.1, 0.15) is 5.76 Å². The minimum absolute atomic E-state index is 0.0122. The number of carbonyl (C=O) groups excluding carboxylic acids is 1. The highest BCUT2D eigenvalue weighted by atomic mass is 16.5. The SMILES string of the molecule is CC1=C2OC(C)(C(=O)N3CCN(CCN=O)CC3)CCC2C(C(C)C)C(N=O)=C1C(C)C. The van der Waals surface area contributed by atoms with E-state index in [1.54, 1.807) is 0 Å². The number of fused-ring (bicyclic) bond motifs is 1. The molecule has 0 bridgehead atoms. The number of rotatable bonds is 7. The largest absolute Gasteiger partial charge is 0.481 e. The molecule has 2 saturated heterocycles. The van der Waals surface area contributed by atoms with Crippen molar-refractivity contribution in [3.8, 4) is 0 Å². The number of ether oxygens (including phenoxy) is 1. The van der Waals surface area contributed by atoms with E-state index < -0.39 is 5.60 Å².